The van der Waals surface area contributed by atoms with Crippen LogP contribution in [0.25, 0.3) is 11.3 Å². The molecule has 1 aromatic carbocycles. The highest BCUT2D eigenvalue weighted by Crippen LogP contribution is 2.31. The average Bonchev–Trinajstić information content (AvgIpc) is 3.22. The average molecular weight is 474 g/mol. The molecule has 35 heavy (non-hydrogen) atoms. The first-order valence-electron chi connectivity index (χ1n) is 12.2. The van der Waals surface area contributed by atoms with Crippen LogP contribution in [-0.2, 0) is 23.0 Å². The molecule has 2 aliphatic heterocycles. The molecule has 5 rings (SSSR count). The third-order valence-corrected chi connectivity index (χ3v) is 7.04. The first-order valence-corrected chi connectivity index (χ1v) is 12.2. The largest absolute Gasteiger partial charge is 0.363 e. The van der Waals surface area contributed by atoms with Crippen molar-refractivity contribution in [3.8, 4) is 11.3 Å². The van der Waals surface area contributed by atoms with Gasteiger partial charge in [-0.3, -0.25) is 19.3 Å². The highest BCUT2D eigenvalue weighted by atomic mass is 16.5. The smallest absolute Gasteiger partial charge is 0.255 e. The standard InChI is InChI=1S/C27H31N5O3/c1-30-18-23(17-29-30)24-9-8-22(16-28-24)26(34)31-13-5-11-27(12-15-31)20-32(25(33)19-35-27)14-10-21-6-3-2-4-7-21/h2-4,6-9,16-18H,5,10-15,19-20H2,1H3/t27-/m0/s1. The minimum Gasteiger partial charge on any atom is -0.363 e. The van der Waals surface area contributed by atoms with Crippen LogP contribution in [0.1, 0.15) is 35.2 Å². The van der Waals surface area contributed by atoms with E-state index in [1.54, 1.807) is 17.1 Å². The molecule has 2 amide bonds. The molecule has 2 aromatic heterocycles. The van der Waals surface area contributed by atoms with E-state index in [-0.39, 0.29) is 24.0 Å². The van der Waals surface area contributed by atoms with Crippen LogP contribution in [-0.4, -0.2) is 74.8 Å². The first kappa shape index (κ1) is 23.2. The number of hydrogen-bond donors (Lipinski definition) is 0. The van der Waals surface area contributed by atoms with Gasteiger partial charge in [-0.1, -0.05) is 30.3 Å². The number of likely N-dealkylation sites (tertiary alicyclic amines) is 1. The molecule has 2 saturated heterocycles. The number of nitrogens with zero attached hydrogens (tertiary/aromatic N) is 5. The number of carbonyl (C=O) groups is 2. The highest BCUT2D eigenvalue weighted by Gasteiger charge is 2.41. The lowest BCUT2D eigenvalue weighted by atomic mass is 9.92. The van der Waals surface area contributed by atoms with Crippen molar-refractivity contribution in [2.75, 3.05) is 32.8 Å². The lowest BCUT2D eigenvalue weighted by Gasteiger charge is -2.42. The summed E-state index contributed by atoms with van der Waals surface area (Å²) >= 11 is 0. The van der Waals surface area contributed by atoms with Gasteiger partial charge < -0.3 is 14.5 Å². The van der Waals surface area contributed by atoms with Gasteiger partial charge in [-0.2, -0.15) is 5.10 Å². The summed E-state index contributed by atoms with van der Waals surface area (Å²) in [7, 11) is 1.86. The minimum absolute atomic E-state index is 0.0138. The zero-order valence-corrected chi connectivity index (χ0v) is 20.1. The number of aryl methyl sites for hydroxylation is 1. The Hall–Kier alpha value is -3.52. The van der Waals surface area contributed by atoms with E-state index in [1.807, 2.05) is 53.4 Å². The topological polar surface area (TPSA) is 80.6 Å². The van der Waals surface area contributed by atoms with Gasteiger partial charge in [0.25, 0.3) is 5.91 Å². The zero-order chi connectivity index (χ0) is 24.3. The van der Waals surface area contributed by atoms with Gasteiger partial charge in [0.2, 0.25) is 5.91 Å². The zero-order valence-electron chi connectivity index (χ0n) is 20.1. The fraction of sp³-hybridized carbons (Fsp3) is 0.407. The Morgan fingerprint density at radius 1 is 1.09 bits per heavy atom. The minimum atomic E-state index is -0.387. The van der Waals surface area contributed by atoms with E-state index < -0.39 is 0 Å². The molecule has 1 spiro atoms. The van der Waals surface area contributed by atoms with E-state index in [0.29, 0.717) is 31.7 Å². The van der Waals surface area contributed by atoms with Crippen LogP contribution in [0.3, 0.4) is 0 Å². The molecule has 4 heterocycles. The van der Waals surface area contributed by atoms with Gasteiger partial charge in [0.05, 0.1) is 23.1 Å². The second-order valence-corrected chi connectivity index (χ2v) is 9.50. The fourth-order valence-electron chi connectivity index (χ4n) is 5.00. The van der Waals surface area contributed by atoms with Gasteiger partial charge in [-0.05, 0) is 43.4 Å². The number of morpholine rings is 1. The maximum Gasteiger partial charge on any atom is 0.255 e. The predicted molar refractivity (Wildman–Crippen MR) is 132 cm³/mol. The van der Waals surface area contributed by atoms with Gasteiger partial charge in [-0.15, -0.1) is 0 Å². The van der Waals surface area contributed by atoms with Crippen LogP contribution < -0.4 is 0 Å². The number of amides is 2. The number of carbonyl (C=O) groups excluding carboxylic acids is 2. The lowest BCUT2D eigenvalue weighted by Crippen LogP contribution is -2.55. The molecule has 1 atom stereocenters. The Kier molecular flexibility index (Phi) is 6.63. The third-order valence-electron chi connectivity index (χ3n) is 7.04. The van der Waals surface area contributed by atoms with Gasteiger partial charge in [0, 0.05) is 51.2 Å². The van der Waals surface area contributed by atoms with Crippen molar-refractivity contribution in [1.29, 1.82) is 0 Å². The molecule has 2 aliphatic rings. The second-order valence-electron chi connectivity index (χ2n) is 9.50. The molecule has 2 fully saturated rings. The molecule has 8 nitrogen and oxygen atoms in total. The van der Waals surface area contributed by atoms with Crippen LogP contribution in [0.4, 0.5) is 0 Å². The molecule has 0 aliphatic carbocycles. The van der Waals surface area contributed by atoms with E-state index in [0.717, 1.165) is 36.9 Å². The van der Waals surface area contributed by atoms with Crippen molar-refractivity contribution in [3.63, 3.8) is 0 Å². The molecular formula is C27H31N5O3. The third kappa shape index (κ3) is 5.27. The Balaban J connectivity index is 1.21. The van der Waals surface area contributed by atoms with Gasteiger partial charge in [0.15, 0.2) is 0 Å². The lowest BCUT2D eigenvalue weighted by molar-refractivity contribution is -0.165. The van der Waals surface area contributed by atoms with Crippen LogP contribution in [0.5, 0.6) is 0 Å². The van der Waals surface area contributed by atoms with E-state index >= 15 is 0 Å². The van der Waals surface area contributed by atoms with Crippen molar-refractivity contribution in [2.45, 2.75) is 31.3 Å². The highest BCUT2D eigenvalue weighted by molar-refractivity contribution is 5.94. The first-order chi connectivity index (χ1) is 17.0. The van der Waals surface area contributed by atoms with Crippen molar-refractivity contribution >= 4 is 11.8 Å². The van der Waals surface area contributed by atoms with Crippen LogP contribution in [0, 0.1) is 0 Å². The monoisotopic (exact) mass is 473 g/mol. The van der Waals surface area contributed by atoms with E-state index in [2.05, 4.69) is 22.2 Å². The second kappa shape index (κ2) is 10.00. The normalized spacial score (nSPS) is 20.8. The van der Waals surface area contributed by atoms with Crippen molar-refractivity contribution < 1.29 is 14.3 Å². The molecule has 0 unspecified atom stereocenters. The van der Waals surface area contributed by atoms with Gasteiger partial charge in [0.1, 0.15) is 6.61 Å². The Morgan fingerprint density at radius 3 is 2.69 bits per heavy atom. The van der Waals surface area contributed by atoms with Crippen molar-refractivity contribution in [2.24, 2.45) is 7.05 Å². The number of pyridine rings is 1. The summed E-state index contributed by atoms with van der Waals surface area (Å²) in [5, 5.41) is 4.18. The Labute approximate surface area is 205 Å². The van der Waals surface area contributed by atoms with Crippen molar-refractivity contribution in [3.05, 3.63) is 72.2 Å². The number of rotatable bonds is 5. The van der Waals surface area contributed by atoms with E-state index in [4.69, 9.17) is 4.74 Å². The fourth-order valence-corrected chi connectivity index (χ4v) is 5.00. The molecular weight excluding hydrogens is 442 g/mol. The van der Waals surface area contributed by atoms with Gasteiger partial charge >= 0.3 is 0 Å². The number of hydrogen-bond acceptors (Lipinski definition) is 5. The van der Waals surface area contributed by atoms with E-state index in [9.17, 15) is 9.59 Å². The van der Waals surface area contributed by atoms with Gasteiger partial charge in [-0.25, -0.2) is 0 Å². The summed E-state index contributed by atoms with van der Waals surface area (Å²) in [5.41, 5.74) is 3.13. The van der Waals surface area contributed by atoms with Crippen LogP contribution >= 0.6 is 0 Å². The predicted octanol–water partition coefficient (Wildman–Crippen LogP) is 2.95. The Bertz CT molecular complexity index is 1180. The molecule has 0 radical (unpaired) electrons. The van der Waals surface area contributed by atoms with Crippen LogP contribution in [0.2, 0.25) is 0 Å². The summed E-state index contributed by atoms with van der Waals surface area (Å²) in [6.07, 6.45) is 8.53. The molecule has 0 saturated carbocycles. The summed E-state index contributed by atoms with van der Waals surface area (Å²) in [6.45, 7) is 2.66. The van der Waals surface area contributed by atoms with Crippen molar-refractivity contribution in [1.82, 2.24) is 24.6 Å². The van der Waals surface area contributed by atoms with Crippen LogP contribution in [0.15, 0.2) is 61.1 Å². The molecule has 0 bridgehead atoms. The maximum atomic E-state index is 13.2. The maximum absolute atomic E-state index is 13.2. The molecule has 0 N–H and O–H groups in total. The quantitative estimate of drug-likeness (QED) is 0.569. The summed E-state index contributed by atoms with van der Waals surface area (Å²) in [6, 6.07) is 13.9. The SMILES string of the molecule is Cn1cc(-c2ccc(C(=O)N3CCC[C@]4(CC3)CN(CCc3ccccc3)C(=O)CO4)cn2)cn1. The Morgan fingerprint density at radius 2 is 1.94 bits per heavy atom. The molecule has 182 valence electrons. The number of aromatic nitrogens is 3. The summed E-state index contributed by atoms with van der Waals surface area (Å²) in [4.78, 5) is 34.1. The molecule has 8 heteroatoms. The summed E-state index contributed by atoms with van der Waals surface area (Å²) < 4.78 is 7.86. The van der Waals surface area contributed by atoms with E-state index in [1.165, 1.54) is 5.56 Å². The summed E-state index contributed by atoms with van der Waals surface area (Å²) in [5.74, 6) is 0.0311. The molecule has 3 aromatic rings. The number of benzene rings is 1. The number of ether oxygens (including phenoxy) is 1.